The van der Waals surface area contributed by atoms with Crippen LogP contribution >= 0.6 is 11.8 Å². The van der Waals surface area contributed by atoms with Gasteiger partial charge in [0.25, 0.3) is 0 Å². The topological polar surface area (TPSA) is 51.0 Å². The molecule has 0 radical (unpaired) electrons. The first kappa shape index (κ1) is 18.7. The fraction of sp³-hybridized carbons (Fsp3) is 0.318. The molecular formula is C22H24N4OS. The van der Waals surface area contributed by atoms with Crippen LogP contribution in [0, 0.1) is 6.92 Å². The van der Waals surface area contributed by atoms with Crippen molar-refractivity contribution in [1.29, 1.82) is 0 Å². The summed E-state index contributed by atoms with van der Waals surface area (Å²) in [5.74, 6) is 0.946. The van der Waals surface area contributed by atoms with Crippen molar-refractivity contribution >= 4 is 23.4 Å². The average Bonchev–Trinajstić information content (AvgIpc) is 3.07. The number of rotatable bonds is 4. The molecule has 1 unspecified atom stereocenters. The van der Waals surface area contributed by atoms with E-state index in [1.165, 1.54) is 17.3 Å². The molecule has 0 saturated heterocycles. The molecule has 0 fully saturated rings. The van der Waals surface area contributed by atoms with E-state index in [4.69, 9.17) is 0 Å². The second kappa shape index (κ2) is 7.80. The Kier molecular flexibility index (Phi) is 5.22. The van der Waals surface area contributed by atoms with Crippen molar-refractivity contribution in [1.82, 2.24) is 14.8 Å². The number of benzene rings is 2. The van der Waals surface area contributed by atoms with Gasteiger partial charge >= 0.3 is 0 Å². The third-order valence-corrected chi connectivity index (χ3v) is 6.35. The Morgan fingerprint density at radius 3 is 2.68 bits per heavy atom. The number of aromatic nitrogens is 3. The summed E-state index contributed by atoms with van der Waals surface area (Å²) in [4.78, 5) is 15.1. The number of fused-ring (bicyclic) bond motifs is 1. The third-order valence-electron chi connectivity index (χ3n) is 5.23. The van der Waals surface area contributed by atoms with Gasteiger partial charge in [0.2, 0.25) is 5.91 Å². The Balaban J connectivity index is 1.54. The first-order chi connectivity index (χ1) is 13.6. The van der Waals surface area contributed by atoms with Crippen molar-refractivity contribution in [3.63, 3.8) is 0 Å². The predicted molar refractivity (Wildman–Crippen MR) is 114 cm³/mol. The zero-order valence-electron chi connectivity index (χ0n) is 16.4. The number of thioether (sulfide) groups is 1. The number of carbonyl (C=O) groups excluding carboxylic acids is 1. The van der Waals surface area contributed by atoms with E-state index < -0.39 is 0 Å². The normalized spacial score (nSPS) is 14.6. The van der Waals surface area contributed by atoms with Crippen LogP contribution in [-0.4, -0.2) is 32.5 Å². The number of hydrogen-bond acceptors (Lipinski definition) is 4. The number of hydrogen-bond donors (Lipinski definition) is 0. The first-order valence-electron chi connectivity index (χ1n) is 9.57. The number of amides is 1. The molecule has 1 aliphatic heterocycles. The van der Waals surface area contributed by atoms with Crippen LogP contribution in [0.2, 0.25) is 0 Å². The minimum atomic E-state index is -0.237. The Bertz CT molecular complexity index is 1010. The Hall–Kier alpha value is -2.60. The van der Waals surface area contributed by atoms with Gasteiger partial charge in [0.1, 0.15) is 0 Å². The van der Waals surface area contributed by atoms with Crippen molar-refractivity contribution in [2.75, 3.05) is 11.4 Å². The van der Waals surface area contributed by atoms with Gasteiger partial charge < -0.3 is 9.47 Å². The van der Waals surface area contributed by atoms with Gasteiger partial charge in [-0.25, -0.2) is 0 Å². The van der Waals surface area contributed by atoms with Crippen molar-refractivity contribution in [2.45, 2.75) is 37.1 Å². The molecule has 0 spiro atoms. The number of para-hydroxylation sites is 1. The minimum Gasteiger partial charge on any atom is -0.311 e. The van der Waals surface area contributed by atoms with Crippen LogP contribution in [0.5, 0.6) is 0 Å². The van der Waals surface area contributed by atoms with Gasteiger partial charge in [-0.05, 0) is 43.9 Å². The molecule has 2 heterocycles. The fourth-order valence-corrected chi connectivity index (χ4v) is 4.54. The molecule has 0 N–H and O–H groups in total. The van der Waals surface area contributed by atoms with E-state index in [0.29, 0.717) is 0 Å². The van der Waals surface area contributed by atoms with Crippen molar-refractivity contribution in [3.05, 3.63) is 59.7 Å². The maximum absolute atomic E-state index is 13.2. The highest BCUT2D eigenvalue weighted by atomic mass is 32.2. The summed E-state index contributed by atoms with van der Waals surface area (Å²) in [6, 6.07) is 16.3. The summed E-state index contributed by atoms with van der Waals surface area (Å²) in [6.07, 6.45) is 2.03. The van der Waals surface area contributed by atoms with Crippen molar-refractivity contribution in [2.24, 2.45) is 7.05 Å². The van der Waals surface area contributed by atoms with Crippen LogP contribution in [0.3, 0.4) is 0 Å². The number of anilines is 1. The minimum absolute atomic E-state index is 0.123. The van der Waals surface area contributed by atoms with Gasteiger partial charge in [-0.2, -0.15) is 0 Å². The van der Waals surface area contributed by atoms with Gasteiger partial charge in [0, 0.05) is 24.8 Å². The molecule has 5 nitrogen and oxygen atoms in total. The Morgan fingerprint density at radius 1 is 1.11 bits per heavy atom. The molecule has 28 heavy (non-hydrogen) atoms. The van der Waals surface area contributed by atoms with Crippen LogP contribution in [0.15, 0.2) is 53.7 Å². The number of carbonyl (C=O) groups is 1. The highest BCUT2D eigenvalue weighted by Crippen LogP contribution is 2.31. The average molecular weight is 393 g/mol. The van der Waals surface area contributed by atoms with E-state index in [9.17, 15) is 4.79 Å². The summed E-state index contributed by atoms with van der Waals surface area (Å²) in [7, 11) is 1.96. The summed E-state index contributed by atoms with van der Waals surface area (Å²) >= 11 is 1.47. The fourth-order valence-electron chi connectivity index (χ4n) is 3.67. The van der Waals surface area contributed by atoms with Gasteiger partial charge in [-0.1, -0.05) is 54.2 Å². The second-order valence-electron chi connectivity index (χ2n) is 7.16. The smallest absolute Gasteiger partial charge is 0.240 e. The standard InChI is InChI=1S/C22H24N4OS/c1-15-9-4-6-12-18(15)20-23-24-22(25(20)3)28-16(2)21(27)26-14-8-11-17-10-5-7-13-19(17)26/h4-7,9-10,12-13,16H,8,11,14H2,1-3H3. The molecular weight excluding hydrogens is 368 g/mol. The second-order valence-corrected chi connectivity index (χ2v) is 8.47. The molecule has 0 bridgehead atoms. The van der Waals surface area contributed by atoms with Crippen LogP contribution in [0.4, 0.5) is 5.69 Å². The van der Waals surface area contributed by atoms with Gasteiger partial charge in [-0.3, -0.25) is 4.79 Å². The van der Waals surface area contributed by atoms with E-state index in [0.717, 1.165) is 47.2 Å². The van der Waals surface area contributed by atoms with Crippen LogP contribution in [0.1, 0.15) is 24.5 Å². The van der Waals surface area contributed by atoms with E-state index in [1.54, 1.807) is 0 Å². The third kappa shape index (κ3) is 3.44. The molecule has 0 saturated carbocycles. The first-order valence-corrected chi connectivity index (χ1v) is 10.5. The lowest BCUT2D eigenvalue weighted by molar-refractivity contribution is -0.117. The van der Waals surface area contributed by atoms with Crippen LogP contribution in [-0.2, 0) is 18.3 Å². The Morgan fingerprint density at radius 2 is 1.86 bits per heavy atom. The van der Waals surface area contributed by atoms with Crippen LogP contribution in [0.25, 0.3) is 11.4 Å². The lowest BCUT2D eigenvalue weighted by atomic mass is 10.0. The quantitative estimate of drug-likeness (QED) is 0.623. The lowest BCUT2D eigenvalue weighted by Crippen LogP contribution is -2.40. The van der Waals surface area contributed by atoms with E-state index in [2.05, 4.69) is 29.3 Å². The molecule has 6 heteroatoms. The summed E-state index contributed by atoms with van der Waals surface area (Å²) in [5, 5.41) is 9.24. The molecule has 1 atom stereocenters. The van der Waals surface area contributed by atoms with Gasteiger partial charge in [0.05, 0.1) is 5.25 Å². The van der Waals surface area contributed by atoms with Crippen molar-refractivity contribution < 1.29 is 4.79 Å². The molecule has 0 aliphatic carbocycles. The maximum Gasteiger partial charge on any atom is 0.240 e. The molecule has 144 valence electrons. The van der Waals surface area contributed by atoms with Crippen LogP contribution < -0.4 is 4.90 Å². The van der Waals surface area contributed by atoms with Crippen molar-refractivity contribution in [3.8, 4) is 11.4 Å². The highest BCUT2D eigenvalue weighted by molar-refractivity contribution is 8.00. The predicted octanol–water partition coefficient (Wildman–Crippen LogP) is 4.25. The number of nitrogens with zero attached hydrogens (tertiary/aromatic N) is 4. The maximum atomic E-state index is 13.2. The summed E-state index contributed by atoms with van der Waals surface area (Å²) in [5.41, 5.74) is 4.52. The zero-order chi connectivity index (χ0) is 19.7. The van der Waals surface area contributed by atoms with E-state index in [-0.39, 0.29) is 11.2 Å². The molecule has 3 aromatic rings. The molecule has 1 aromatic heterocycles. The molecule has 4 rings (SSSR count). The lowest BCUT2D eigenvalue weighted by Gasteiger charge is -2.31. The summed E-state index contributed by atoms with van der Waals surface area (Å²) in [6.45, 7) is 4.79. The monoisotopic (exact) mass is 392 g/mol. The molecule has 2 aromatic carbocycles. The van der Waals surface area contributed by atoms with Gasteiger partial charge in [-0.15, -0.1) is 10.2 Å². The molecule has 1 aliphatic rings. The molecule has 1 amide bonds. The highest BCUT2D eigenvalue weighted by Gasteiger charge is 2.28. The van der Waals surface area contributed by atoms with Gasteiger partial charge in [0.15, 0.2) is 11.0 Å². The zero-order valence-corrected chi connectivity index (χ0v) is 17.2. The van der Waals surface area contributed by atoms with E-state index in [1.807, 2.05) is 59.8 Å². The number of aryl methyl sites for hydroxylation is 2. The SMILES string of the molecule is Cc1ccccc1-c1nnc(SC(C)C(=O)N2CCCc3ccccc32)n1C. The summed E-state index contributed by atoms with van der Waals surface area (Å²) < 4.78 is 1.97. The largest absolute Gasteiger partial charge is 0.311 e. The Labute approximate surface area is 169 Å². The van der Waals surface area contributed by atoms with E-state index >= 15 is 0 Å².